The fraction of sp³-hybridized carbons (Fsp3) is 0.312. The van der Waals surface area contributed by atoms with Gasteiger partial charge in [0, 0.05) is 23.5 Å². The maximum Gasteiger partial charge on any atom is 0.238 e. The lowest BCUT2D eigenvalue weighted by Gasteiger charge is -2.22. The number of carbonyl (C=O) groups is 1. The molecule has 1 unspecified atom stereocenters. The summed E-state index contributed by atoms with van der Waals surface area (Å²) in [6.07, 6.45) is 0.572. The minimum Gasteiger partial charge on any atom is -0.384 e. The minimum atomic E-state index is -3.77. The van der Waals surface area contributed by atoms with Gasteiger partial charge in [0.2, 0.25) is 15.9 Å². The molecule has 0 aliphatic carbocycles. The van der Waals surface area contributed by atoms with Crippen LogP contribution in [0.5, 0.6) is 0 Å². The first-order valence-corrected chi connectivity index (χ1v) is 10.4. The Balaban J connectivity index is 1.78. The quantitative estimate of drug-likeness (QED) is 0.587. The number of amides is 1. The van der Waals surface area contributed by atoms with Crippen molar-refractivity contribution in [1.29, 1.82) is 0 Å². The first-order chi connectivity index (χ1) is 12.1. The van der Waals surface area contributed by atoms with E-state index in [9.17, 15) is 13.2 Å². The van der Waals surface area contributed by atoms with Crippen LogP contribution in [-0.4, -0.2) is 36.1 Å². The molecule has 1 aromatic carbocycles. The van der Waals surface area contributed by atoms with Crippen LogP contribution in [0.15, 0.2) is 34.3 Å². The monoisotopic (exact) mass is 393 g/mol. The van der Waals surface area contributed by atoms with Gasteiger partial charge in [-0.3, -0.25) is 4.79 Å². The summed E-state index contributed by atoms with van der Waals surface area (Å²) in [6, 6.07) is 6.17. The molecule has 0 spiro atoms. The van der Waals surface area contributed by atoms with E-state index >= 15 is 0 Å². The third kappa shape index (κ3) is 3.81. The topological polar surface area (TPSA) is 132 Å². The number of primary sulfonamides is 1. The summed E-state index contributed by atoms with van der Waals surface area (Å²) < 4.78 is 23.0. The van der Waals surface area contributed by atoms with Crippen LogP contribution in [0.25, 0.3) is 0 Å². The molecule has 0 saturated carbocycles. The molecule has 0 radical (unpaired) electrons. The number of anilines is 2. The van der Waals surface area contributed by atoms with Gasteiger partial charge in [-0.2, -0.15) is 0 Å². The Morgan fingerprint density at radius 2 is 2.08 bits per heavy atom. The number of sulfonamides is 1. The summed E-state index contributed by atoms with van der Waals surface area (Å²) in [5, 5.41) is 5.63. The lowest BCUT2D eigenvalue weighted by molar-refractivity contribution is -0.116. The highest BCUT2D eigenvalue weighted by Gasteiger charge is 2.31. The molecule has 1 aliphatic rings. The van der Waals surface area contributed by atoms with Crippen molar-refractivity contribution in [2.75, 3.05) is 16.4 Å². The molecule has 1 aliphatic heterocycles. The zero-order chi connectivity index (χ0) is 19.1. The highest BCUT2D eigenvalue weighted by atomic mass is 32.2. The molecule has 1 atom stereocenters. The van der Waals surface area contributed by atoms with Gasteiger partial charge in [-0.25, -0.2) is 23.5 Å². The minimum absolute atomic E-state index is 0.0516. The van der Waals surface area contributed by atoms with Crippen LogP contribution in [0.2, 0.25) is 0 Å². The largest absolute Gasteiger partial charge is 0.384 e. The van der Waals surface area contributed by atoms with Crippen LogP contribution in [0.4, 0.5) is 11.5 Å². The van der Waals surface area contributed by atoms with Crippen molar-refractivity contribution < 1.29 is 13.2 Å². The van der Waals surface area contributed by atoms with Gasteiger partial charge in [-0.1, -0.05) is 11.8 Å². The van der Waals surface area contributed by atoms with Crippen LogP contribution in [0, 0.1) is 6.92 Å². The Hall–Kier alpha value is -2.17. The molecule has 26 heavy (non-hydrogen) atoms. The molecular weight excluding hydrogens is 374 g/mol. The predicted octanol–water partition coefficient (Wildman–Crippen LogP) is 1.08. The third-order valence-corrected chi connectivity index (χ3v) is 5.79. The Bertz CT molecular complexity index is 958. The fourth-order valence-electron chi connectivity index (χ4n) is 2.99. The van der Waals surface area contributed by atoms with E-state index in [0.29, 0.717) is 23.1 Å². The second kappa shape index (κ2) is 6.86. The van der Waals surface area contributed by atoms with Gasteiger partial charge >= 0.3 is 0 Å². The maximum atomic E-state index is 12.7. The average molecular weight is 393 g/mol. The number of benzene rings is 1. The van der Waals surface area contributed by atoms with Crippen molar-refractivity contribution in [3.8, 4) is 0 Å². The molecular formula is C16H19N5O3S2. The second-order valence-electron chi connectivity index (χ2n) is 6.16. The normalized spacial score (nSPS) is 16.6. The van der Waals surface area contributed by atoms with Gasteiger partial charge in [-0.15, -0.1) is 0 Å². The summed E-state index contributed by atoms with van der Waals surface area (Å²) in [7, 11) is -3.77. The summed E-state index contributed by atoms with van der Waals surface area (Å²) >= 11 is 1.22. The smallest absolute Gasteiger partial charge is 0.238 e. The van der Waals surface area contributed by atoms with Gasteiger partial charge in [0.1, 0.15) is 5.82 Å². The summed E-state index contributed by atoms with van der Waals surface area (Å²) in [5.41, 5.74) is 7.94. The number of thioether (sulfide) groups is 1. The molecule has 1 amide bonds. The molecule has 3 rings (SSSR count). The van der Waals surface area contributed by atoms with Crippen LogP contribution in [0.1, 0.15) is 18.2 Å². The summed E-state index contributed by atoms with van der Waals surface area (Å²) in [4.78, 5) is 22.8. The van der Waals surface area contributed by atoms with Crippen molar-refractivity contribution in [3.05, 3.63) is 35.5 Å². The molecule has 0 saturated heterocycles. The Morgan fingerprint density at radius 1 is 1.35 bits per heavy atom. The first-order valence-electron chi connectivity index (χ1n) is 7.87. The number of hydrogen-bond donors (Lipinski definition) is 2. The fourth-order valence-corrected chi connectivity index (χ4v) is 4.32. The third-order valence-electron chi connectivity index (χ3n) is 4.04. The Labute approximate surface area is 156 Å². The average Bonchev–Trinajstić information content (AvgIpc) is 2.85. The van der Waals surface area contributed by atoms with Crippen LogP contribution in [-0.2, 0) is 21.2 Å². The molecule has 138 valence electrons. The lowest BCUT2D eigenvalue weighted by Crippen LogP contribution is -2.37. The maximum absolute atomic E-state index is 12.7. The van der Waals surface area contributed by atoms with E-state index < -0.39 is 10.0 Å². The molecule has 0 bridgehead atoms. The molecule has 0 fully saturated rings. The van der Waals surface area contributed by atoms with Gasteiger partial charge in [0.15, 0.2) is 5.16 Å². The molecule has 8 nitrogen and oxygen atoms in total. The van der Waals surface area contributed by atoms with Gasteiger partial charge in [-0.05, 0) is 44.0 Å². The number of aromatic nitrogens is 2. The lowest BCUT2D eigenvalue weighted by atomic mass is 10.1. The standard InChI is InChI=1S/C16H19N5O3S2/c1-9-5-14(17)20-16(19-9)25-8-15(22)21-10(2)6-11-7-12(26(18,23)24)3-4-13(11)21/h3-5,7,10H,6,8H2,1-2H3,(H2,17,19,20)(H2,18,23,24). The van der Waals surface area contributed by atoms with E-state index in [1.807, 2.05) is 13.8 Å². The zero-order valence-corrected chi connectivity index (χ0v) is 16.0. The number of nitrogens with zero attached hydrogens (tertiary/aromatic N) is 3. The van der Waals surface area contributed by atoms with E-state index in [4.69, 9.17) is 10.9 Å². The predicted molar refractivity (Wildman–Crippen MR) is 100 cm³/mol. The SMILES string of the molecule is Cc1cc(N)nc(SCC(=O)N2c3ccc(S(N)(=O)=O)cc3CC2C)n1. The van der Waals surface area contributed by atoms with Crippen molar-refractivity contribution in [2.45, 2.75) is 36.4 Å². The van der Waals surface area contributed by atoms with Crippen molar-refractivity contribution in [3.63, 3.8) is 0 Å². The number of rotatable bonds is 4. The van der Waals surface area contributed by atoms with E-state index in [1.165, 1.54) is 23.9 Å². The second-order valence-corrected chi connectivity index (χ2v) is 8.66. The Morgan fingerprint density at radius 3 is 2.73 bits per heavy atom. The van der Waals surface area contributed by atoms with Crippen LogP contribution in [0.3, 0.4) is 0 Å². The van der Waals surface area contributed by atoms with Crippen molar-refractivity contribution >= 4 is 39.2 Å². The first kappa shape index (κ1) is 18.6. The molecule has 1 aromatic heterocycles. The van der Waals surface area contributed by atoms with Gasteiger partial charge in [0.25, 0.3) is 0 Å². The number of carbonyl (C=O) groups excluding carboxylic acids is 1. The zero-order valence-electron chi connectivity index (χ0n) is 14.3. The van der Waals surface area contributed by atoms with E-state index in [-0.39, 0.29) is 22.6 Å². The molecule has 2 aromatic rings. The van der Waals surface area contributed by atoms with Gasteiger partial charge < -0.3 is 10.6 Å². The number of aryl methyl sites for hydroxylation is 1. The number of nitrogens with two attached hydrogens (primary N) is 2. The number of fused-ring (bicyclic) bond motifs is 1. The summed E-state index contributed by atoms with van der Waals surface area (Å²) in [5.74, 6) is 0.417. The molecule has 2 heterocycles. The molecule has 4 N–H and O–H groups in total. The highest BCUT2D eigenvalue weighted by Crippen LogP contribution is 2.34. The molecule has 10 heteroatoms. The Kier molecular flexibility index (Phi) is 4.91. The van der Waals surface area contributed by atoms with Gasteiger partial charge in [0.05, 0.1) is 10.6 Å². The number of hydrogen-bond acceptors (Lipinski definition) is 7. The van der Waals surface area contributed by atoms with E-state index in [0.717, 1.165) is 11.3 Å². The van der Waals surface area contributed by atoms with Crippen LogP contribution >= 0.6 is 11.8 Å². The summed E-state index contributed by atoms with van der Waals surface area (Å²) in [6.45, 7) is 3.73. The van der Waals surface area contributed by atoms with Crippen LogP contribution < -0.4 is 15.8 Å². The van der Waals surface area contributed by atoms with E-state index in [1.54, 1.807) is 17.0 Å². The van der Waals surface area contributed by atoms with Crippen molar-refractivity contribution in [2.24, 2.45) is 5.14 Å². The van der Waals surface area contributed by atoms with Crippen molar-refractivity contribution in [1.82, 2.24) is 9.97 Å². The number of nitrogen functional groups attached to an aromatic ring is 1. The highest BCUT2D eigenvalue weighted by molar-refractivity contribution is 7.99. The van der Waals surface area contributed by atoms with E-state index in [2.05, 4.69) is 9.97 Å².